The first-order valence-corrected chi connectivity index (χ1v) is 10.1. The van der Waals surface area contributed by atoms with E-state index < -0.39 is 21.7 Å². The number of benzene rings is 3. The highest BCUT2D eigenvalue weighted by molar-refractivity contribution is 7.92. The van der Waals surface area contributed by atoms with E-state index in [4.69, 9.17) is 4.74 Å². The van der Waals surface area contributed by atoms with Crippen molar-refractivity contribution in [3.63, 3.8) is 0 Å². The van der Waals surface area contributed by atoms with Crippen molar-refractivity contribution in [1.29, 1.82) is 0 Å². The quantitative estimate of drug-likeness (QED) is 0.664. The maximum atomic E-state index is 13.0. The van der Waals surface area contributed by atoms with Crippen LogP contribution in [0.4, 0.5) is 15.8 Å². The van der Waals surface area contributed by atoms with E-state index in [-0.39, 0.29) is 10.5 Å². The number of rotatable bonds is 6. The SMILES string of the molecule is COc1ccc(N(C)S(=O)(=O)c2cccc(C(=O)Nc3ccc(F)cc3)c2)cc1. The minimum absolute atomic E-state index is 0.0254. The number of hydrogen-bond donors (Lipinski definition) is 1. The molecule has 0 spiro atoms. The van der Waals surface area contributed by atoms with E-state index in [1.54, 1.807) is 24.3 Å². The van der Waals surface area contributed by atoms with Crippen molar-refractivity contribution in [2.75, 3.05) is 23.8 Å². The lowest BCUT2D eigenvalue weighted by atomic mass is 10.2. The number of anilines is 2. The molecule has 3 aromatic carbocycles. The number of methoxy groups -OCH3 is 1. The molecule has 0 aliphatic heterocycles. The van der Waals surface area contributed by atoms with Crippen LogP contribution in [0.1, 0.15) is 10.4 Å². The molecular formula is C21H19FN2O4S. The summed E-state index contributed by atoms with van der Waals surface area (Å²) in [7, 11) is -0.924. The summed E-state index contributed by atoms with van der Waals surface area (Å²) in [5.74, 6) is -0.308. The second kappa shape index (κ2) is 8.32. The van der Waals surface area contributed by atoms with Gasteiger partial charge in [-0.15, -0.1) is 0 Å². The number of carbonyl (C=O) groups is 1. The van der Waals surface area contributed by atoms with Crippen LogP contribution in [0.3, 0.4) is 0 Å². The summed E-state index contributed by atoms with van der Waals surface area (Å²) in [5, 5.41) is 2.61. The first kappa shape index (κ1) is 20.3. The van der Waals surface area contributed by atoms with Gasteiger partial charge in [0.15, 0.2) is 0 Å². The number of amides is 1. The Morgan fingerprint density at radius 1 is 1.00 bits per heavy atom. The molecule has 0 saturated heterocycles. The summed E-state index contributed by atoms with van der Waals surface area (Å²) in [6.07, 6.45) is 0. The minimum Gasteiger partial charge on any atom is -0.497 e. The molecule has 0 aliphatic rings. The summed E-state index contributed by atoms with van der Waals surface area (Å²) in [5.41, 5.74) is 1.02. The molecule has 0 radical (unpaired) electrons. The molecule has 0 aliphatic carbocycles. The van der Waals surface area contributed by atoms with Crippen molar-refractivity contribution in [2.24, 2.45) is 0 Å². The third-order valence-electron chi connectivity index (χ3n) is 4.29. The van der Waals surface area contributed by atoms with Gasteiger partial charge in [0.1, 0.15) is 11.6 Å². The molecule has 0 heterocycles. The molecule has 0 bridgehead atoms. The molecule has 1 N–H and O–H groups in total. The van der Waals surface area contributed by atoms with Gasteiger partial charge >= 0.3 is 0 Å². The lowest BCUT2D eigenvalue weighted by Crippen LogP contribution is -2.26. The highest BCUT2D eigenvalue weighted by Gasteiger charge is 2.22. The van der Waals surface area contributed by atoms with E-state index in [1.807, 2.05) is 0 Å². The fourth-order valence-electron chi connectivity index (χ4n) is 2.62. The van der Waals surface area contributed by atoms with Crippen LogP contribution in [-0.4, -0.2) is 28.5 Å². The van der Waals surface area contributed by atoms with E-state index >= 15 is 0 Å². The molecule has 0 atom stereocenters. The van der Waals surface area contributed by atoms with Crippen molar-refractivity contribution >= 4 is 27.3 Å². The zero-order chi connectivity index (χ0) is 21.0. The molecule has 29 heavy (non-hydrogen) atoms. The number of nitrogens with zero attached hydrogens (tertiary/aromatic N) is 1. The molecule has 3 rings (SSSR count). The minimum atomic E-state index is -3.88. The predicted molar refractivity (Wildman–Crippen MR) is 109 cm³/mol. The van der Waals surface area contributed by atoms with Crippen molar-refractivity contribution in [2.45, 2.75) is 4.90 Å². The van der Waals surface area contributed by atoms with Crippen LogP contribution in [0.5, 0.6) is 5.75 Å². The molecular weight excluding hydrogens is 395 g/mol. The standard InChI is InChI=1S/C21H19FN2O4S/c1-24(18-10-12-19(28-2)13-11-18)29(26,27)20-5-3-4-15(14-20)21(25)23-17-8-6-16(22)7-9-17/h3-14H,1-2H3,(H,23,25). The van der Waals surface area contributed by atoms with Gasteiger partial charge in [0, 0.05) is 18.3 Å². The Morgan fingerprint density at radius 3 is 2.28 bits per heavy atom. The van der Waals surface area contributed by atoms with Gasteiger partial charge < -0.3 is 10.1 Å². The monoisotopic (exact) mass is 414 g/mol. The highest BCUT2D eigenvalue weighted by Crippen LogP contribution is 2.25. The molecule has 0 aromatic heterocycles. The Labute approximate surface area is 168 Å². The summed E-state index contributed by atoms with van der Waals surface area (Å²) in [6.45, 7) is 0. The van der Waals surface area contributed by atoms with Crippen molar-refractivity contribution < 1.29 is 22.3 Å². The summed E-state index contributed by atoms with van der Waals surface area (Å²) < 4.78 is 45.2. The van der Waals surface area contributed by atoms with Crippen molar-refractivity contribution in [3.05, 3.63) is 84.2 Å². The third-order valence-corrected chi connectivity index (χ3v) is 6.07. The van der Waals surface area contributed by atoms with Crippen LogP contribution in [0.25, 0.3) is 0 Å². The largest absolute Gasteiger partial charge is 0.497 e. The average Bonchev–Trinajstić information content (AvgIpc) is 2.75. The third kappa shape index (κ3) is 4.55. The van der Waals surface area contributed by atoms with Crippen molar-refractivity contribution in [3.8, 4) is 5.75 Å². The van der Waals surface area contributed by atoms with Crippen LogP contribution < -0.4 is 14.4 Å². The number of sulfonamides is 1. The lowest BCUT2D eigenvalue weighted by Gasteiger charge is -2.20. The van der Waals surface area contributed by atoms with Gasteiger partial charge in [-0.05, 0) is 66.7 Å². The maximum absolute atomic E-state index is 13.0. The summed E-state index contributed by atoms with van der Waals surface area (Å²) >= 11 is 0. The maximum Gasteiger partial charge on any atom is 0.264 e. The van der Waals surface area contributed by atoms with Gasteiger partial charge in [-0.2, -0.15) is 0 Å². The van der Waals surface area contributed by atoms with Crippen LogP contribution in [0, 0.1) is 5.82 Å². The predicted octanol–water partition coefficient (Wildman–Crippen LogP) is 3.91. The molecule has 150 valence electrons. The topological polar surface area (TPSA) is 75.7 Å². The fraction of sp³-hybridized carbons (Fsp3) is 0.0952. The van der Waals surface area contributed by atoms with Crippen LogP contribution in [0.2, 0.25) is 0 Å². The Hall–Kier alpha value is -3.39. The second-order valence-electron chi connectivity index (χ2n) is 6.16. The van der Waals surface area contributed by atoms with E-state index in [9.17, 15) is 17.6 Å². The number of carbonyl (C=O) groups excluding carboxylic acids is 1. The van der Waals surface area contributed by atoms with Crippen LogP contribution in [0.15, 0.2) is 77.7 Å². The molecule has 8 heteroatoms. The summed E-state index contributed by atoms with van der Waals surface area (Å²) in [4.78, 5) is 12.4. The van der Waals surface area contributed by atoms with Gasteiger partial charge in [-0.1, -0.05) is 6.07 Å². The fourth-order valence-corrected chi connectivity index (χ4v) is 3.87. The zero-order valence-electron chi connectivity index (χ0n) is 15.8. The molecule has 0 unspecified atom stereocenters. The molecule has 1 amide bonds. The van der Waals surface area contributed by atoms with Gasteiger partial charge in [-0.25, -0.2) is 12.8 Å². The Bertz CT molecular complexity index is 1110. The first-order valence-electron chi connectivity index (χ1n) is 8.61. The highest BCUT2D eigenvalue weighted by atomic mass is 32.2. The first-order chi connectivity index (χ1) is 13.8. The Kier molecular flexibility index (Phi) is 5.84. The average molecular weight is 414 g/mol. The van der Waals surface area contributed by atoms with Gasteiger partial charge in [-0.3, -0.25) is 9.10 Å². The molecule has 6 nitrogen and oxygen atoms in total. The van der Waals surface area contributed by atoms with E-state index in [2.05, 4.69) is 5.32 Å². The number of nitrogens with one attached hydrogen (secondary N) is 1. The van der Waals surface area contributed by atoms with E-state index in [0.717, 1.165) is 4.31 Å². The second-order valence-corrected chi connectivity index (χ2v) is 8.13. The van der Waals surface area contributed by atoms with E-state index in [0.29, 0.717) is 17.1 Å². The molecule has 0 fully saturated rings. The number of ether oxygens (including phenoxy) is 1. The normalized spacial score (nSPS) is 11.0. The Balaban J connectivity index is 1.84. The summed E-state index contributed by atoms with van der Waals surface area (Å²) in [6, 6.07) is 17.6. The lowest BCUT2D eigenvalue weighted by molar-refractivity contribution is 0.102. The van der Waals surface area contributed by atoms with Crippen LogP contribution in [-0.2, 0) is 10.0 Å². The number of hydrogen-bond acceptors (Lipinski definition) is 4. The Morgan fingerprint density at radius 2 is 1.66 bits per heavy atom. The van der Waals surface area contributed by atoms with Gasteiger partial charge in [0.2, 0.25) is 0 Å². The van der Waals surface area contributed by atoms with Gasteiger partial charge in [0.05, 0.1) is 17.7 Å². The zero-order valence-corrected chi connectivity index (χ0v) is 16.6. The van der Waals surface area contributed by atoms with Crippen molar-refractivity contribution in [1.82, 2.24) is 0 Å². The molecule has 3 aromatic rings. The van der Waals surface area contributed by atoms with Crippen LogP contribution >= 0.6 is 0 Å². The smallest absolute Gasteiger partial charge is 0.264 e. The van der Waals surface area contributed by atoms with Gasteiger partial charge in [0.25, 0.3) is 15.9 Å². The molecule has 0 saturated carbocycles. The number of halogens is 1. The van der Waals surface area contributed by atoms with E-state index in [1.165, 1.54) is 62.7 Å².